The van der Waals surface area contributed by atoms with E-state index in [1.54, 1.807) is 5.37 Å². The molecule has 0 aliphatic heterocycles. The summed E-state index contributed by atoms with van der Waals surface area (Å²) >= 11 is 0. The Morgan fingerprint density at radius 2 is 1.97 bits per heavy atom. The second-order valence-electron chi connectivity index (χ2n) is 10.5. The molecule has 34 heavy (non-hydrogen) atoms. The van der Waals surface area contributed by atoms with Gasteiger partial charge >= 0.3 is 0 Å². The molecule has 1 aromatic rings. The zero-order valence-corrected chi connectivity index (χ0v) is 21.3. The van der Waals surface area contributed by atoms with E-state index in [2.05, 4.69) is 32.6 Å². The molecule has 3 aliphatic rings. The zero-order chi connectivity index (χ0) is 24.5. The van der Waals surface area contributed by atoms with E-state index in [0.717, 1.165) is 36.8 Å². The molecule has 4 N–H and O–H groups in total. The predicted molar refractivity (Wildman–Crippen MR) is 142 cm³/mol. The van der Waals surface area contributed by atoms with E-state index in [4.69, 9.17) is 5.14 Å². The maximum Gasteiger partial charge on any atom is 0.0811 e. The molecule has 0 spiro atoms. The third kappa shape index (κ3) is 5.03. The summed E-state index contributed by atoms with van der Waals surface area (Å²) in [6.07, 6.45) is 10.3. The Labute approximate surface area is 205 Å². The predicted octanol–water partition coefficient (Wildman–Crippen LogP) is 5.24. The first-order valence-corrected chi connectivity index (χ1v) is 14.1. The van der Waals surface area contributed by atoms with Crippen molar-refractivity contribution in [2.24, 2.45) is 16.5 Å². The SMILES string of the molecule is C=C1C(=CC=C2CCC[C@]3(C)C(=C(C)CC=S(N)(=O)c4ccccc4)CC[C@@H]23)C[C@@H](O)C[C@@H]1O. The molecule has 3 aliphatic carbocycles. The van der Waals surface area contributed by atoms with Gasteiger partial charge < -0.3 is 10.2 Å². The van der Waals surface area contributed by atoms with E-state index in [-0.39, 0.29) is 5.41 Å². The van der Waals surface area contributed by atoms with Gasteiger partial charge in [-0.25, -0.2) is 4.21 Å². The number of aliphatic hydroxyl groups excluding tert-OH is 2. The Hall–Kier alpha value is -1.92. The summed E-state index contributed by atoms with van der Waals surface area (Å²) in [6.45, 7) is 8.62. The summed E-state index contributed by atoms with van der Waals surface area (Å²) < 4.78 is 13.1. The van der Waals surface area contributed by atoms with Crippen molar-refractivity contribution in [1.82, 2.24) is 0 Å². The van der Waals surface area contributed by atoms with Gasteiger partial charge in [-0.15, -0.1) is 0 Å². The van der Waals surface area contributed by atoms with E-state index in [0.29, 0.717) is 30.1 Å². The number of hydrogen-bond donors (Lipinski definition) is 3. The normalized spacial score (nSPS) is 35.2. The van der Waals surface area contributed by atoms with Crippen molar-refractivity contribution in [2.75, 3.05) is 0 Å². The maximum absolute atomic E-state index is 13.1. The minimum Gasteiger partial charge on any atom is -0.393 e. The van der Waals surface area contributed by atoms with Crippen molar-refractivity contribution in [2.45, 2.75) is 82.3 Å². The average Bonchev–Trinajstić information content (AvgIpc) is 3.17. The van der Waals surface area contributed by atoms with Gasteiger partial charge in [0.05, 0.1) is 21.9 Å². The molecule has 0 aromatic heterocycles. The second kappa shape index (κ2) is 9.98. The topological polar surface area (TPSA) is 83.6 Å². The number of benzene rings is 1. The summed E-state index contributed by atoms with van der Waals surface area (Å²) in [5.74, 6) is 0.492. The number of rotatable bonds is 4. The fourth-order valence-electron chi connectivity index (χ4n) is 6.32. The molecule has 5 atom stereocenters. The first kappa shape index (κ1) is 25.2. The molecule has 3 saturated carbocycles. The molecule has 1 aromatic carbocycles. The molecule has 0 radical (unpaired) electrons. The molecule has 184 valence electrons. The van der Waals surface area contributed by atoms with Gasteiger partial charge in [-0.1, -0.05) is 60.6 Å². The Balaban J connectivity index is 1.57. The highest BCUT2D eigenvalue weighted by molar-refractivity contribution is 7.99. The van der Waals surface area contributed by atoms with Gasteiger partial charge in [-0.2, -0.15) is 0 Å². The first-order chi connectivity index (χ1) is 16.1. The number of allylic oxidation sites excluding steroid dienone is 5. The van der Waals surface area contributed by atoms with Gasteiger partial charge in [-0.3, -0.25) is 5.14 Å². The van der Waals surface area contributed by atoms with Crippen molar-refractivity contribution in [3.8, 4) is 0 Å². The van der Waals surface area contributed by atoms with Crippen molar-refractivity contribution in [3.63, 3.8) is 0 Å². The van der Waals surface area contributed by atoms with Crippen LogP contribution in [-0.2, 0) is 9.71 Å². The molecule has 4 nitrogen and oxygen atoms in total. The Bertz CT molecular complexity index is 1150. The molecule has 3 fully saturated rings. The lowest BCUT2D eigenvalue weighted by molar-refractivity contribution is 0.0862. The largest absolute Gasteiger partial charge is 0.393 e. The Morgan fingerprint density at radius 1 is 1.24 bits per heavy atom. The van der Waals surface area contributed by atoms with Gasteiger partial charge in [-0.05, 0) is 91.8 Å². The minimum absolute atomic E-state index is 0.116. The van der Waals surface area contributed by atoms with Gasteiger partial charge in [0.25, 0.3) is 0 Å². The molecular formula is C29H39NO3S. The van der Waals surface area contributed by atoms with Gasteiger partial charge in [0.1, 0.15) is 0 Å². The molecule has 0 saturated heterocycles. The van der Waals surface area contributed by atoms with Crippen molar-refractivity contribution in [1.29, 1.82) is 0 Å². The van der Waals surface area contributed by atoms with E-state index in [9.17, 15) is 14.4 Å². The number of aliphatic hydroxyl groups is 2. The van der Waals surface area contributed by atoms with Gasteiger partial charge in [0, 0.05) is 11.3 Å². The monoisotopic (exact) mass is 481 g/mol. The maximum atomic E-state index is 13.1. The Kier molecular flexibility index (Phi) is 7.39. The average molecular weight is 482 g/mol. The van der Waals surface area contributed by atoms with Gasteiger partial charge in [0.15, 0.2) is 0 Å². The summed E-state index contributed by atoms with van der Waals surface area (Å²) in [5, 5.41) is 28.2. The molecule has 1 unspecified atom stereocenters. The summed E-state index contributed by atoms with van der Waals surface area (Å²) in [6, 6.07) is 9.32. The second-order valence-corrected chi connectivity index (χ2v) is 12.6. The molecule has 0 amide bonds. The van der Waals surface area contributed by atoms with Gasteiger partial charge in [0.2, 0.25) is 0 Å². The van der Waals surface area contributed by atoms with Crippen LogP contribution < -0.4 is 5.14 Å². The standard InChI is InChI=1S/C29H39NO3S/c1-20(15-17-34(30,33)25-9-5-4-6-10-25)26-13-14-27-22(8-7-16-29(26,27)3)11-12-23-18-24(31)19-28(32)21(23)2/h4-6,9-12,17,24,27-28,31-32H,2,7-8,13-16,18-19H2,1,3H3,(H2,30,33)/t24-,27+,28+,29-,34?/m1/s1. The highest BCUT2D eigenvalue weighted by Gasteiger charge is 2.46. The molecule has 0 heterocycles. The lowest BCUT2D eigenvalue weighted by atomic mass is 9.64. The first-order valence-electron chi connectivity index (χ1n) is 12.5. The van der Waals surface area contributed by atoms with Crippen molar-refractivity contribution in [3.05, 3.63) is 76.9 Å². The lowest BCUT2D eigenvalue weighted by Crippen LogP contribution is -2.29. The van der Waals surface area contributed by atoms with Crippen LogP contribution in [0.1, 0.15) is 65.2 Å². The van der Waals surface area contributed by atoms with Crippen LogP contribution in [0.2, 0.25) is 0 Å². The fraction of sp³-hybridized carbons (Fsp3) is 0.483. The van der Waals surface area contributed by atoms with E-state index in [1.807, 2.05) is 30.3 Å². The summed E-state index contributed by atoms with van der Waals surface area (Å²) in [7, 11) is -2.66. The molecule has 4 rings (SSSR count). The highest BCUT2D eigenvalue weighted by atomic mass is 32.2. The third-order valence-electron chi connectivity index (χ3n) is 8.28. The number of nitrogens with two attached hydrogens (primary N) is 1. The molecule has 0 bridgehead atoms. The number of fused-ring (bicyclic) bond motifs is 1. The van der Waals surface area contributed by atoms with Crippen molar-refractivity contribution < 1.29 is 14.4 Å². The molecule has 5 heteroatoms. The van der Waals surface area contributed by atoms with Crippen LogP contribution in [0.15, 0.2) is 81.8 Å². The van der Waals surface area contributed by atoms with Crippen LogP contribution in [0.5, 0.6) is 0 Å². The van der Waals surface area contributed by atoms with Crippen LogP contribution in [0.4, 0.5) is 0 Å². The quantitative estimate of drug-likeness (QED) is 0.406. The smallest absolute Gasteiger partial charge is 0.0811 e. The van der Waals surface area contributed by atoms with E-state index >= 15 is 0 Å². The minimum atomic E-state index is -2.66. The lowest BCUT2D eigenvalue weighted by Gasteiger charge is -2.40. The number of hydrogen-bond acceptors (Lipinski definition) is 3. The van der Waals surface area contributed by atoms with E-state index < -0.39 is 21.9 Å². The fourth-order valence-corrected chi connectivity index (χ4v) is 7.60. The van der Waals surface area contributed by atoms with E-state index in [1.165, 1.54) is 23.1 Å². The zero-order valence-electron chi connectivity index (χ0n) is 20.5. The van der Waals surface area contributed by atoms with Crippen LogP contribution in [0.3, 0.4) is 0 Å². The Morgan fingerprint density at radius 3 is 2.71 bits per heavy atom. The summed E-state index contributed by atoms with van der Waals surface area (Å²) in [4.78, 5) is 0.679. The summed E-state index contributed by atoms with van der Waals surface area (Å²) in [5.41, 5.74) is 6.08. The van der Waals surface area contributed by atoms with Crippen LogP contribution in [0, 0.1) is 11.3 Å². The molecular weight excluding hydrogens is 442 g/mol. The highest BCUT2D eigenvalue weighted by Crippen LogP contribution is 2.58. The third-order valence-corrected chi connectivity index (χ3v) is 9.95. The van der Waals surface area contributed by atoms with Crippen molar-refractivity contribution >= 4 is 15.1 Å². The van der Waals surface area contributed by atoms with Crippen LogP contribution in [-0.4, -0.2) is 32.0 Å². The van der Waals surface area contributed by atoms with Crippen LogP contribution >= 0.6 is 0 Å². The van der Waals surface area contributed by atoms with Crippen LogP contribution in [0.25, 0.3) is 0 Å².